The van der Waals surface area contributed by atoms with Crippen LogP contribution in [0.4, 0.5) is 0 Å². The number of pyridine rings is 4. The zero-order chi connectivity index (χ0) is 96.5. The fourth-order valence-electron chi connectivity index (χ4n) is 18.5. The van der Waals surface area contributed by atoms with Crippen LogP contribution in [0.1, 0.15) is 253 Å². The molecule has 4 atom stereocenters. The van der Waals surface area contributed by atoms with Crippen molar-refractivity contribution in [3.8, 4) is 45.0 Å². The fraction of sp³-hybridized carbons (Fsp3) is 0.433. The molecule has 4 aliphatic rings. The first-order valence-corrected chi connectivity index (χ1v) is 48.5. The summed E-state index contributed by atoms with van der Waals surface area (Å²) in [4.78, 5) is 19.2. The number of aliphatic hydroxyl groups excluding tert-OH is 8. The molecule has 4 radical (unpaired) electrons. The van der Waals surface area contributed by atoms with E-state index in [1.807, 2.05) is 64.6 Å². The zero-order valence-corrected chi connectivity index (χ0v) is 94.7. The minimum absolute atomic E-state index is 0. The molecule has 16 rings (SSSR count). The van der Waals surface area contributed by atoms with Crippen molar-refractivity contribution in [2.45, 2.75) is 293 Å². The Balaban J connectivity index is 0.000000282. The van der Waals surface area contributed by atoms with Gasteiger partial charge in [0.1, 0.15) is 0 Å². The number of aromatic nitrogens is 4. The van der Waals surface area contributed by atoms with Gasteiger partial charge in [0.15, 0.2) is 0 Å². The van der Waals surface area contributed by atoms with E-state index < -0.39 is 24.4 Å². The summed E-state index contributed by atoms with van der Waals surface area (Å²) in [6.07, 6.45) is 27.8. The molecule has 16 heteroatoms. The maximum atomic E-state index is 9.47. The molecule has 0 spiro atoms. The number of rotatable bonds is 20. The molecular formula is C120H152Ir4N4O8-4. The number of hydrogen-bond acceptors (Lipinski definition) is 12. The normalized spacial score (nSPS) is 13.6. The van der Waals surface area contributed by atoms with Crippen molar-refractivity contribution in [3.05, 3.63) is 307 Å². The number of nitrogens with zero attached hydrogens (tertiary/aromatic N) is 4. The largest absolute Gasteiger partial charge is 0.513 e. The second-order valence-corrected chi connectivity index (χ2v) is 40.5. The van der Waals surface area contributed by atoms with Crippen LogP contribution in [-0.2, 0) is 157 Å². The molecule has 8 N–H and O–H groups in total. The molecule has 12 nitrogen and oxygen atoms in total. The predicted molar refractivity (Wildman–Crippen MR) is 554 cm³/mol. The maximum absolute atomic E-state index is 9.47. The van der Waals surface area contributed by atoms with E-state index >= 15 is 0 Å². The van der Waals surface area contributed by atoms with E-state index in [-0.39, 0.29) is 91.9 Å². The average molecular weight is 2550 g/mol. The van der Waals surface area contributed by atoms with Gasteiger partial charge in [-0.05, 0) is 252 Å². The average Bonchev–Trinajstić information content (AvgIpc) is 0.755. The third-order valence-electron chi connectivity index (χ3n) is 23.7. The molecule has 4 aromatic heterocycles. The summed E-state index contributed by atoms with van der Waals surface area (Å²) in [7, 11) is 0. The zero-order valence-electron chi connectivity index (χ0n) is 85.1. The number of fused-ring (bicyclic) bond motifs is 20. The molecular weight excluding hydrogens is 2390 g/mol. The number of hydrogen-bond donors (Lipinski definition) is 8. The van der Waals surface area contributed by atoms with Gasteiger partial charge in [-0.15, -0.1) is 140 Å². The van der Waals surface area contributed by atoms with Gasteiger partial charge < -0.3 is 60.8 Å². The van der Waals surface area contributed by atoms with Crippen molar-refractivity contribution in [2.75, 3.05) is 0 Å². The Labute approximate surface area is 869 Å². The third kappa shape index (κ3) is 36.0. The van der Waals surface area contributed by atoms with E-state index in [0.29, 0.717) is 84.5 Å². The van der Waals surface area contributed by atoms with Crippen LogP contribution < -0.4 is 0 Å². The van der Waals surface area contributed by atoms with Crippen LogP contribution in [0.3, 0.4) is 0 Å². The van der Waals surface area contributed by atoms with Crippen LogP contribution in [0, 0.1) is 99.3 Å². The van der Waals surface area contributed by atoms with E-state index in [2.05, 4.69) is 244 Å². The Hall–Kier alpha value is -8.00. The third-order valence-corrected chi connectivity index (χ3v) is 23.7. The molecule has 0 saturated carbocycles. The topological polar surface area (TPSA) is 213 Å². The van der Waals surface area contributed by atoms with Crippen molar-refractivity contribution in [1.82, 2.24) is 19.9 Å². The SMILES string of the molecule is CC(C)CC(O)=CC(O)CC(C)C.CC(C)CC(O)=CC(O)CC(C)C.CC(C)Cc1ccc2cnc3c(c2c1)CCc1ccc[c-]c1-3.CC(C)Cc1ccc2cnc3c(c2c1)CCc1ccc[c-]c1-3.CC(O)=CC(C)O.CC(O)=CC(C)O.Cc1[c-]c2c(c(C)c1)CCc1c-2ncc2ccc(CC(C)C)cc12.Cc1[c-]c2c(c(C)c1)CCc1c-2ncc2ccc(CC(C)C)cc12.[Ir].[Ir].[Ir].[Ir]. The Morgan fingerprint density at radius 3 is 0.831 bits per heavy atom. The van der Waals surface area contributed by atoms with Crippen molar-refractivity contribution < 1.29 is 121 Å². The molecule has 0 fully saturated rings. The summed E-state index contributed by atoms with van der Waals surface area (Å²) in [5.41, 5.74) is 31.5. The first-order chi connectivity index (χ1) is 62.6. The minimum Gasteiger partial charge on any atom is -0.513 e. The standard InChI is InChI=1S/2C23H24N.2C21H20N.2C11H22O2.2C5H10O2.4Ir/c2*1-14(2)9-17-5-6-18-13-24-23-20(21(18)12-17)8-7-19-16(4)10-15(3)11-22(19)23;2*1-14(2)11-15-7-8-17-13-22-21-18-6-4-3-5-16(18)9-10-19(21)20(17)12-15;2*1-8(2)5-10(12)7-11(13)6-9(3)4;2*1-4(6)3-5(2)7;;;;/h2*5-6,10,12-14H,7-9H2,1-4H3;2*3-5,7-8,12-14H,9-11H2,1-2H3;2*7-10,12-13H,5-6H2,1-4H3;2*3-4,6-7H,1-2H3;;;;/q4*-1;;;;;;;;. The Morgan fingerprint density at radius 1 is 0.324 bits per heavy atom. The van der Waals surface area contributed by atoms with Crippen LogP contribution in [0.15, 0.2) is 193 Å². The summed E-state index contributed by atoms with van der Waals surface area (Å²) in [5.74, 6) is 5.45. The van der Waals surface area contributed by atoms with Gasteiger partial charge >= 0.3 is 0 Å². The molecule has 0 aliphatic heterocycles. The van der Waals surface area contributed by atoms with Crippen LogP contribution in [0.25, 0.3) is 88.1 Å². The molecule has 4 heterocycles. The summed E-state index contributed by atoms with van der Waals surface area (Å²) in [5, 5.41) is 82.1. The van der Waals surface area contributed by atoms with E-state index in [1.54, 1.807) is 26.0 Å². The molecule has 0 saturated heterocycles. The molecule has 4 aliphatic carbocycles. The molecule has 136 heavy (non-hydrogen) atoms. The van der Waals surface area contributed by atoms with Crippen LogP contribution in [-0.4, -0.2) is 85.2 Å². The van der Waals surface area contributed by atoms with Crippen LogP contribution in [0.2, 0.25) is 0 Å². The molecule has 740 valence electrons. The van der Waals surface area contributed by atoms with Gasteiger partial charge in [0, 0.05) is 118 Å². The van der Waals surface area contributed by atoms with Gasteiger partial charge in [0.2, 0.25) is 0 Å². The number of aryl methyl sites for hydroxylation is 10. The summed E-state index contributed by atoms with van der Waals surface area (Å²) in [6, 6.07) is 58.5. The van der Waals surface area contributed by atoms with Crippen molar-refractivity contribution in [3.63, 3.8) is 0 Å². The van der Waals surface area contributed by atoms with E-state index in [4.69, 9.17) is 40.4 Å². The van der Waals surface area contributed by atoms with Gasteiger partial charge in [-0.1, -0.05) is 259 Å². The monoisotopic (exact) mass is 2550 g/mol. The molecule has 0 bridgehead atoms. The van der Waals surface area contributed by atoms with Crippen molar-refractivity contribution >= 4 is 43.1 Å². The quantitative estimate of drug-likeness (QED) is 0.0264. The number of aliphatic hydroxyl groups is 8. The Morgan fingerprint density at radius 2 is 0.588 bits per heavy atom. The number of allylic oxidation sites excluding steroid dienone is 4. The van der Waals surface area contributed by atoms with Gasteiger partial charge in [0.05, 0.1) is 47.5 Å². The summed E-state index contributed by atoms with van der Waals surface area (Å²) in [6.45, 7) is 49.5. The molecule has 4 unspecified atom stereocenters. The second kappa shape index (κ2) is 57.0. The van der Waals surface area contributed by atoms with Gasteiger partial charge in [-0.25, -0.2) is 0 Å². The van der Waals surface area contributed by atoms with E-state index in [0.717, 1.165) is 99.8 Å². The van der Waals surface area contributed by atoms with Gasteiger partial charge in [0.25, 0.3) is 0 Å². The van der Waals surface area contributed by atoms with Gasteiger partial charge in [-0.2, -0.15) is 0 Å². The summed E-state index contributed by atoms with van der Waals surface area (Å²) < 4.78 is 0. The fourth-order valence-corrected chi connectivity index (χ4v) is 18.5. The predicted octanol–water partition coefficient (Wildman–Crippen LogP) is 28.6. The summed E-state index contributed by atoms with van der Waals surface area (Å²) >= 11 is 0. The smallest absolute Gasteiger partial charge is 0.0911 e. The first kappa shape index (κ1) is 118. The van der Waals surface area contributed by atoms with E-state index in [1.165, 1.54) is 180 Å². The van der Waals surface area contributed by atoms with Crippen LogP contribution in [0.5, 0.6) is 0 Å². The Bertz CT molecular complexity index is 5610. The number of benzene rings is 8. The van der Waals surface area contributed by atoms with E-state index in [9.17, 15) is 20.4 Å². The maximum Gasteiger partial charge on any atom is 0.0911 e. The molecule has 8 aromatic carbocycles. The molecule has 0 amide bonds. The molecule has 12 aromatic rings. The second-order valence-electron chi connectivity index (χ2n) is 40.5. The van der Waals surface area contributed by atoms with Gasteiger partial charge in [-0.3, -0.25) is 0 Å². The first-order valence-electron chi connectivity index (χ1n) is 48.5. The van der Waals surface area contributed by atoms with Crippen LogP contribution >= 0.6 is 0 Å². The van der Waals surface area contributed by atoms with Crippen molar-refractivity contribution in [1.29, 1.82) is 0 Å². The van der Waals surface area contributed by atoms with Crippen molar-refractivity contribution in [2.24, 2.45) is 47.3 Å². The minimum atomic E-state index is -0.537. The Kier molecular flexibility index (Phi) is 49.7.